The van der Waals surface area contributed by atoms with Gasteiger partial charge in [0.2, 0.25) is 0 Å². The smallest absolute Gasteiger partial charge is 0.406 e. The number of aryl methyl sites for hydroxylation is 1. The summed E-state index contributed by atoms with van der Waals surface area (Å²) in [7, 11) is -4.92. The molecule has 0 amide bonds. The predicted octanol–water partition coefficient (Wildman–Crippen LogP) is 2.55. The van der Waals surface area contributed by atoms with Crippen LogP contribution in [0.2, 0.25) is 0 Å². The highest BCUT2D eigenvalue weighted by molar-refractivity contribution is 7.86. The maximum Gasteiger partial charge on any atom is 0.573 e. The lowest BCUT2D eigenvalue weighted by molar-refractivity contribution is -0.274. The van der Waals surface area contributed by atoms with Gasteiger partial charge in [-0.2, -0.15) is 8.42 Å². The second-order valence-corrected chi connectivity index (χ2v) is 4.26. The van der Waals surface area contributed by atoms with E-state index in [4.69, 9.17) is 0 Å². The maximum absolute atomic E-state index is 12.5. The summed E-state index contributed by atoms with van der Waals surface area (Å²) in [6.07, 6.45) is -4.87. The molecule has 1 rings (SSSR count). The van der Waals surface area contributed by atoms with Crippen molar-refractivity contribution in [3.8, 4) is 5.75 Å². The first-order chi connectivity index (χ1) is 7.09. The van der Waals surface area contributed by atoms with Crippen LogP contribution in [0.15, 0.2) is 23.1 Å². The minimum Gasteiger partial charge on any atom is -0.406 e. The fourth-order valence-corrected chi connectivity index (χ4v) is 1.56. The highest BCUT2D eigenvalue weighted by atomic mass is 32.3. The molecule has 0 bridgehead atoms. The molecule has 0 spiro atoms. The van der Waals surface area contributed by atoms with Crippen LogP contribution in [0.25, 0.3) is 0 Å². The van der Waals surface area contributed by atoms with Crippen molar-refractivity contribution in [2.75, 3.05) is 0 Å². The van der Waals surface area contributed by atoms with E-state index in [-0.39, 0.29) is 5.56 Å². The van der Waals surface area contributed by atoms with Gasteiger partial charge in [-0.1, -0.05) is 0 Å². The third kappa shape index (κ3) is 3.37. The van der Waals surface area contributed by atoms with Crippen molar-refractivity contribution in [2.45, 2.75) is 18.2 Å². The second kappa shape index (κ2) is 3.93. The van der Waals surface area contributed by atoms with Gasteiger partial charge in [0, 0.05) is 0 Å². The van der Waals surface area contributed by atoms with E-state index in [1.807, 2.05) is 0 Å². The second-order valence-electron chi connectivity index (χ2n) is 2.91. The van der Waals surface area contributed by atoms with Crippen molar-refractivity contribution in [1.29, 1.82) is 0 Å². The quantitative estimate of drug-likeness (QED) is 0.604. The molecule has 0 unspecified atom stereocenters. The molecule has 0 saturated carbocycles. The summed E-state index contributed by atoms with van der Waals surface area (Å²) in [6.45, 7) is 1.18. The molecule has 0 aromatic heterocycles. The Morgan fingerprint density at radius 2 is 1.81 bits per heavy atom. The van der Waals surface area contributed by atoms with Gasteiger partial charge in [-0.3, -0.25) is 0 Å². The Bertz CT molecular complexity index is 492. The topological polar surface area (TPSA) is 43.4 Å². The zero-order valence-corrected chi connectivity index (χ0v) is 8.69. The van der Waals surface area contributed by atoms with Crippen LogP contribution in [0.1, 0.15) is 5.56 Å². The summed E-state index contributed by atoms with van der Waals surface area (Å²) < 4.78 is 72.5. The average molecular weight is 258 g/mol. The van der Waals surface area contributed by atoms with Crippen molar-refractivity contribution in [2.24, 2.45) is 0 Å². The fraction of sp³-hybridized carbons (Fsp3) is 0.250. The van der Waals surface area contributed by atoms with Crippen LogP contribution < -0.4 is 4.74 Å². The normalized spacial score (nSPS) is 12.6. The summed E-state index contributed by atoms with van der Waals surface area (Å²) in [4.78, 5) is -0.709. The molecular weight excluding hydrogens is 252 g/mol. The van der Waals surface area contributed by atoms with Crippen LogP contribution in [0.5, 0.6) is 5.75 Å². The van der Waals surface area contributed by atoms with Crippen molar-refractivity contribution in [3.05, 3.63) is 23.8 Å². The number of ether oxygens (including phenoxy) is 1. The monoisotopic (exact) mass is 258 g/mol. The van der Waals surface area contributed by atoms with E-state index in [1.54, 1.807) is 0 Å². The molecule has 0 aliphatic carbocycles. The Kier molecular flexibility index (Phi) is 3.13. The summed E-state index contributed by atoms with van der Waals surface area (Å²) >= 11 is 0. The Morgan fingerprint density at radius 3 is 2.19 bits per heavy atom. The van der Waals surface area contributed by atoms with Gasteiger partial charge in [0.05, 0.1) is 4.90 Å². The van der Waals surface area contributed by atoms with Crippen molar-refractivity contribution >= 4 is 10.2 Å². The Balaban J connectivity index is 3.11. The van der Waals surface area contributed by atoms with E-state index in [2.05, 4.69) is 4.74 Å². The Morgan fingerprint density at radius 1 is 1.25 bits per heavy atom. The predicted molar refractivity (Wildman–Crippen MR) is 46.2 cm³/mol. The van der Waals surface area contributed by atoms with Gasteiger partial charge in [0.25, 0.3) is 0 Å². The van der Waals surface area contributed by atoms with E-state index in [0.717, 1.165) is 12.1 Å². The first-order valence-electron chi connectivity index (χ1n) is 3.90. The largest absolute Gasteiger partial charge is 0.573 e. The third-order valence-corrected chi connectivity index (χ3v) is 2.47. The van der Waals surface area contributed by atoms with Crippen molar-refractivity contribution in [1.82, 2.24) is 0 Å². The molecule has 8 heteroatoms. The maximum atomic E-state index is 12.5. The van der Waals surface area contributed by atoms with Crippen LogP contribution in [0.3, 0.4) is 0 Å². The number of alkyl halides is 3. The van der Waals surface area contributed by atoms with Crippen LogP contribution in [-0.4, -0.2) is 14.8 Å². The van der Waals surface area contributed by atoms with Gasteiger partial charge in [-0.15, -0.1) is 17.1 Å². The molecule has 0 fully saturated rings. The molecule has 0 radical (unpaired) electrons. The molecule has 1 aromatic rings. The van der Waals surface area contributed by atoms with Crippen molar-refractivity contribution in [3.63, 3.8) is 0 Å². The van der Waals surface area contributed by atoms with Gasteiger partial charge in [0.1, 0.15) is 5.75 Å². The van der Waals surface area contributed by atoms with Gasteiger partial charge >= 0.3 is 16.6 Å². The summed E-state index contributed by atoms with van der Waals surface area (Å²) in [5.74, 6) is -0.570. The fourth-order valence-electron chi connectivity index (χ4n) is 1.01. The minimum atomic E-state index is -4.92. The highest BCUT2D eigenvalue weighted by Crippen LogP contribution is 2.28. The molecule has 1 aromatic carbocycles. The number of benzene rings is 1. The van der Waals surface area contributed by atoms with Crippen LogP contribution in [0.4, 0.5) is 17.1 Å². The minimum absolute atomic E-state index is 0.129. The molecule has 0 atom stereocenters. The van der Waals surface area contributed by atoms with E-state index in [1.165, 1.54) is 6.92 Å². The van der Waals surface area contributed by atoms with Crippen LogP contribution in [-0.2, 0) is 10.2 Å². The first kappa shape index (κ1) is 12.8. The molecule has 0 aliphatic rings. The number of hydrogen-bond donors (Lipinski definition) is 0. The molecular formula is C8H6F4O3S. The van der Waals surface area contributed by atoms with Crippen molar-refractivity contribution < 1.29 is 30.2 Å². The number of rotatable bonds is 2. The summed E-state index contributed by atoms with van der Waals surface area (Å²) in [5.41, 5.74) is -0.129. The van der Waals surface area contributed by atoms with Gasteiger partial charge in [-0.25, -0.2) is 0 Å². The van der Waals surface area contributed by atoms with E-state index in [0.29, 0.717) is 6.07 Å². The average Bonchev–Trinajstić information content (AvgIpc) is 2.04. The zero-order chi connectivity index (χ0) is 12.6. The van der Waals surface area contributed by atoms with Gasteiger partial charge in [0.15, 0.2) is 0 Å². The molecule has 3 nitrogen and oxygen atoms in total. The molecule has 0 N–H and O–H groups in total. The zero-order valence-electron chi connectivity index (χ0n) is 7.88. The molecule has 16 heavy (non-hydrogen) atoms. The Labute approximate surface area is 88.9 Å². The van der Waals surface area contributed by atoms with Gasteiger partial charge in [-0.05, 0) is 30.7 Å². The lowest BCUT2D eigenvalue weighted by Gasteiger charge is -2.11. The highest BCUT2D eigenvalue weighted by Gasteiger charge is 2.32. The van der Waals surface area contributed by atoms with E-state index >= 15 is 0 Å². The third-order valence-electron chi connectivity index (χ3n) is 1.65. The van der Waals surface area contributed by atoms with E-state index in [9.17, 15) is 25.5 Å². The van der Waals surface area contributed by atoms with Crippen LogP contribution >= 0.6 is 0 Å². The van der Waals surface area contributed by atoms with E-state index < -0.39 is 27.2 Å². The lowest BCUT2D eigenvalue weighted by Crippen LogP contribution is -2.17. The summed E-state index contributed by atoms with van der Waals surface area (Å²) in [6, 6.07) is 2.20. The molecule has 0 saturated heterocycles. The molecule has 90 valence electrons. The Hall–Kier alpha value is -1.31. The SMILES string of the molecule is Cc1cc(S(=O)(=O)F)ccc1OC(F)(F)F. The standard InChI is InChI=1S/C8H6F4O3S/c1-5-4-6(16(12,13)14)2-3-7(5)15-8(9,10)11/h2-4H,1H3. The first-order valence-corrected chi connectivity index (χ1v) is 5.29. The lowest BCUT2D eigenvalue weighted by atomic mass is 10.2. The summed E-state index contributed by atoms with van der Waals surface area (Å²) in [5, 5.41) is 0. The molecule has 0 aliphatic heterocycles. The number of hydrogen-bond acceptors (Lipinski definition) is 3. The number of halogens is 4. The van der Waals surface area contributed by atoms with Gasteiger partial charge < -0.3 is 4.74 Å². The molecule has 0 heterocycles. The van der Waals surface area contributed by atoms with Crippen LogP contribution in [0, 0.1) is 6.92 Å².